The zero-order chi connectivity index (χ0) is 10.4. The number of benzene rings is 1. The molecular weight excluding hydrogens is 210 g/mol. The number of nitrogens with two attached hydrogens (primary N) is 1. The fourth-order valence-electron chi connectivity index (χ4n) is 1.48. The molecule has 0 unspecified atom stereocenters. The summed E-state index contributed by atoms with van der Waals surface area (Å²) in [6, 6.07) is 8.19. The Hall–Kier alpha value is -0.730. The number of hydrogen-bond acceptors (Lipinski definition) is 2. The van der Waals surface area contributed by atoms with Crippen LogP contribution in [0.4, 0.5) is 0 Å². The number of ether oxygens (including phenoxy) is 1. The molecule has 0 heterocycles. The largest absolute Gasteiger partial charge is 0.494 e. The number of rotatable bonds is 5. The lowest BCUT2D eigenvalue weighted by Crippen LogP contribution is -2.09. The highest BCUT2D eigenvalue weighted by molar-refractivity contribution is 5.85. The summed E-state index contributed by atoms with van der Waals surface area (Å²) in [5.74, 6) is 0.913. The molecule has 0 fully saturated rings. The van der Waals surface area contributed by atoms with Crippen LogP contribution in [0.3, 0.4) is 0 Å². The monoisotopic (exact) mass is 229 g/mol. The molecule has 15 heavy (non-hydrogen) atoms. The topological polar surface area (TPSA) is 35.2 Å². The molecule has 0 aliphatic heterocycles. The Morgan fingerprint density at radius 2 is 2.07 bits per heavy atom. The van der Waals surface area contributed by atoms with Gasteiger partial charge in [-0.15, -0.1) is 12.4 Å². The summed E-state index contributed by atoms with van der Waals surface area (Å²) in [4.78, 5) is 0. The summed E-state index contributed by atoms with van der Waals surface area (Å²) < 4.78 is 5.42. The van der Waals surface area contributed by atoms with Crippen molar-refractivity contribution < 1.29 is 4.74 Å². The van der Waals surface area contributed by atoms with Crippen molar-refractivity contribution in [2.75, 3.05) is 6.61 Å². The zero-order valence-electron chi connectivity index (χ0n) is 9.40. The van der Waals surface area contributed by atoms with Gasteiger partial charge < -0.3 is 10.5 Å². The minimum absolute atomic E-state index is 0. The summed E-state index contributed by atoms with van der Waals surface area (Å²) >= 11 is 0. The van der Waals surface area contributed by atoms with E-state index in [-0.39, 0.29) is 18.4 Å². The predicted molar refractivity (Wildman–Crippen MR) is 66.7 cm³/mol. The molecule has 2 N–H and O–H groups in total. The lowest BCUT2D eigenvalue weighted by Gasteiger charge is -2.12. The molecule has 86 valence electrons. The summed E-state index contributed by atoms with van der Waals surface area (Å²) in [7, 11) is 0. The van der Waals surface area contributed by atoms with E-state index in [0.717, 1.165) is 24.2 Å². The molecule has 0 aromatic heterocycles. The van der Waals surface area contributed by atoms with Gasteiger partial charge in [-0.1, -0.05) is 25.5 Å². The molecule has 0 amide bonds. The van der Waals surface area contributed by atoms with Crippen molar-refractivity contribution >= 4 is 12.4 Å². The lowest BCUT2D eigenvalue weighted by atomic mass is 10.0. The van der Waals surface area contributed by atoms with Gasteiger partial charge in [0.05, 0.1) is 6.61 Å². The van der Waals surface area contributed by atoms with Gasteiger partial charge in [-0.25, -0.2) is 0 Å². The van der Waals surface area contributed by atoms with E-state index in [4.69, 9.17) is 10.5 Å². The van der Waals surface area contributed by atoms with Crippen LogP contribution < -0.4 is 10.5 Å². The SMILES string of the molecule is CCC[C@@H](N)c1cccc(OCC)c1.Cl. The minimum atomic E-state index is 0. The van der Waals surface area contributed by atoms with Crippen LogP contribution in [-0.2, 0) is 0 Å². The maximum atomic E-state index is 6.02. The smallest absolute Gasteiger partial charge is 0.119 e. The van der Waals surface area contributed by atoms with Gasteiger partial charge in [-0.2, -0.15) is 0 Å². The molecule has 0 aliphatic rings. The molecule has 0 saturated carbocycles. The summed E-state index contributed by atoms with van der Waals surface area (Å²) in [5.41, 5.74) is 7.18. The standard InChI is InChI=1S/C12H19NO.ClH/c1-3-6-12(13)10-7-5-8-11(9-10)14-4-2;/h5,7-9,12H,3-4,6,13H2,1-2H3;1H/t12-;/m1./s1. The van der Waals surface area contributed by atoms with Gasteiger partial charge in [0.2, 0.25) is 0 Å². The van der Waals surface area contributed by atoms with Crippen LogP contribution in [0.15, 0.2) is 24.3 Å². The van der Waals surface area contributed by atoms with Crippen LogP contribution in [0.2, 0.25) is 0 Å². The van der Waals surface area contributed by atoms with Crippen molar-refractivity contribution in [1.82, 2.24) is 0 Å². The molecule has 1 rings (SSSR count). The van der Waals surface area contributed by atoms with E-state index >= 15 is 0 Å². The molecule has 1 aromatic rings. The Bertz CT molecular complexity index is 278. The average Bonchev–Trinajstić information content (AvgIpc) is 2.19. The maximum absolute atomic E-state index is 6.02. The first-order valence-corrected chi connectivity index (χ1v) is 5.26. The lowest BCUT2D eigenvalue weighted by molar-refractivity contribution is 0.339. The van der Waals surface area contributed by atoms with Crippen molar-refractivity contribution in [2.24, 2.45) is 5.73 Å². The fraction of sp³-hybridized carbons (Fsp3) is 0.500. The highest BCUT2D eigenvalue weighted by Gasteiger charge is 2.05. The molecule has 1 atom stereocenters. The van der Waals surface area contributed by atoms with Gasteiger partial charge in [0.25, 0.3) is 0 Å². The van der Waals surface area contributed by atoms with Crippen molar-refractivity contribution in [3.8, 4) is 5.75 Å². The van der Waals surface area contributed by atoms with Gasteiger partial charge in [0, 0.05) is 6.04 Å². The predicted octanol–water partition coefficient (Wildman–Crippen LogP) is 3.31. The molecule has 0 spiro atoms. The van der Waals surface area contributed by atoms with Crippen LogP contribution >= 0.6 is 12.4 Å². The third-order valence-electron chi connectivity index (χ3n) is 2.20. The third kappa shape index (κ3) is 4.54. The number of hydrogen-bond donors (Lipinski definition) is 1. The van der Waals surface area contributed by atoms with Gasteiger partial charge in [-0.3, -0.25) is 0 Å². The van der Waals surface area contributed by atoms with E-state index in [1.807, 2.05) is 25.1 Å². The zero-order valence-corrected chi connectivity index (χ0v) is 10.2. The molecular formula is C12H20ClNO. The van der Waals surface area contributed by atoms with Gasteiger partial charge in [-0.05, 0) is 31.0 Å². The highest BCUT2D eigenvalue weighted by atomic mass is 35.5. The second-order valence-electron chi connectivity index (χ2n) is 3.40. The number of halogens is 1. The summed E-state index contributed by atoms with van der Waals surface area (Å²) in [5, 5.41) is 0. The third-order valence-corrected chi connectivity index (χ3v) is 2.20. The van der Waals surface area contributed by atoms with E-state index in [0.29, 0.717) is 6.61 Å². The van der Waals surface area contributed by atoms with Crippen molar-refractivity contribution in [3.63, 3.8) is 0 Å². The Balaban J connectivity index is 0.00000196. The first-order valence-electron chi connectivity index (χ1n) is 5.26. The van der Waals surface area contributed by atoms with Crippen LogP contribution in [0.5, 0.6) is 5.75 Å². The normalized spacial score (nSPS) is 11.7. The fourth-order valence-corrected chi connectivity index (χ4v) is 1.48. The molecule has 0 bridgehead atoms. The summed E-state index contributed by atoms with van der Waals surface area (Å²) in [6.07, 6.45) is 2.13. The van der Waals surface area contributed by atoms with Crippen LogP contribution in [-0.4, -0.2) is 6.61 Å². The van der Waals surface area contributed by atoms with Gasteiger partial charge >= 0.3 is 0 Å². The first kappa shape index (κ1) is 14.3. The van der Waals surface area contributed by atoms with E-state index in [9.17, 15) is 0 Å². The van der Waals surface area contributed by atoms with Gasteiger partial charge in [0.15, 0.2) is 0 Å². The maximum Gasteiger partial charge on any atom is 0.119 e. The Morgan fingerprint density at radius 3 is 2.67 bits per heavy atom. The second-order valence-corrected chi connectivity index (χ2v) is 3.40. The van der Waals surface area contributed by atoms with E-state index in [1.54, 1.807) is 0 Å². The molecule has 0 saturated heterocycles. The van der Waals surface area contributed by atoms with Crippen LogP contribution in [0.1, 0.15) is 38.3 Å². The van der Waals surface area contributed by atoms with Crippen molar-refractivity contribution in [1.29, 1.82) is 0 Å². The van der Waals surface area contributed by atoms with E-state index < -0.39 is 0 Å². The second kappa shape index (κ2) is 7.55. The average molecular weight is 230 g/mol. The first-order chi connectivity index (χ1) is 6.77. The molecule has 2 nitrogen and oxygen atoms in total. The Morgan fingerprint density at radius 1 is 1.33 bits per heavy atom. The molecule has 0 aliphatic carbocycles. The summed E-state index contributed by atoms with van der Waals surface area (Å²) in [6.45, 7) is 4.83. The van der Waals surface area contributed by atoms with Crippen molar-refractivity contribution in [3.05, 3.63) is 29.8 Å². The van der Waals surface area contributed by atoms with Crippen LogP contribution in [0.25, 0.3) is 0 Å². The Labute approximate surface area is 98.2 Å². The van der Waals surface area contributed by atoms with Crippen LogP contribution in [0, 0.1) is 0 Å². The van der Waals surface area contributed by atoms with E-state index in [2.05, 4.69) is 13.0 Å². The quantitative estimate of drug-likeness (QED) is 0.841. The van der Waals surface area contributed by atoms with Crippen molar-refractivity contribution in [2.45, 2.75) is 32.7 Å². The van der Waals surface area contributed by atoms with Gasteiger partial charge in [0.1, 0.15) is 5.75 Å². The molecule has 0 radical (unpaired) electrons. The molecule has 3 heteroatoms. The highest BCUT2D eigenvalue weighted by Crippen LogP contribution is 2.20. The Kier molecular flexibility index (Phi) is 7.18. The molecule has 1 aromatic carbocycles. The minimum Gasteiger partial charge on any atom is -0.494 e. The van der Waals surface area contributed by atoms with E-state index in [1.165, 1.54) is 0 Å².